The summed E-state index contributed by atoms with van der Waals surface area (Å²) in [5, 5.41) is 1.21. The fraction of sp³-hybridized carbons (Fsp3) is 0.0769. The Morgan fingerprint density at radius 1 is 0.800 bits per heavy atom. The van der Waals surface area contributed by atoms with Gasteiger partial charge in [-0.15, -0.1) is 0 Å². The Balaban J connectivity index is 0.00000112. The molecule has 0 aliphatic heterocycles. The molecule has 0 N–H and O–H groups in total. The monoisotopic (exact) mass is 310 g/mol. The SMILES string of the molecule is [Br-].[Zn+][CH2]c1ccccc1-c1ccccc1. The number of rotatable bonds is 2. The molecule has 0 nitrogen and oxygen atoms in total. The van der Waals surface area contributed by atoms with Crippen LogP contribution in [0, 0.1) is 0 Å². The average Bonchev–Trinajstić information content (AvgIpc) is 2.30. The molecule has 0 amide bonds. The van der Waals surface area contributed by atoms with E-state index in [-0.39, 0.29) is 17.0 Å². The third-order valence-corrected chi connectivity index (χ3v) is 3.50. The third-order valence-electron chi connectivity index (χ3n) is 2.37. The van der Waals surface area contributed by atoms with Gasteiger partial charge in [-0.05, 0) is 0 Å². The van der Waals surface area contributed by atoms with Crippen LogP contribution in [0.5, 0.6) is 0 Å². The molecular formula is C13H11BrZn. The molecule has 0 aromatic heterocycles. The first-order chi connectivity index (χ1) is 6.92. The molecule has 0 unspecified atom stereocenters. The van der Waals surface area contributed by atoms with Crippen LogP contribution >= 0.6 is 0 Å². The van der Waals surface area contributed by atoms with Crippen molar-refractivity contribution < 1.29 is 35.3 Å². The van der Waals surface area contributed by atoms with Gasteiger partial charge in [0, 0.05) is 0 Å². The van der Waals surface area contributed by atoms with Crippen molar-refractivity contribution in [2.75, 3.05) is 0 Å². The van der Waals surface area contributed by atoms with E-state index in [0.717, 1.165) is 0 Å². The molecular weight excluding hydrogens is 301 g/mol. The van der Waals surface area contributed by atoms with Gasteiger partial charge in [-0.2, -0.15) is 0 Å². The number of benzene rings is 2. The summed E-state index contributed by atoms with van der Waals surface area (Å²) >= 11 is 1.32. The first-order valence-electron chi connectivity index (χ1n) is 4.84. The number of hydrogen-bond acceptors (Lipinski definition) is 0. The normalized spacial score (nSPS) is 9.47. The molecule has 0 saturated carbocycles. The minimum atomic E-state index is 0. The van der Waals surface area contributed by atoms with Crippen LogP contribution < -0.4 is 17.0 Å². The van der Waals surface area contributed by atoms with Crippen LogP contribution in [0.4, 0.5) is 0 Å². The van der Waals surface area contributed by atoms with E-state index in [2.05, 4.69) is 54.6 Å². The van der Waals surface area contributed by atoms with Gasteiger partial charge in [0.1, 0.15) is 0 Å². The van der Waals surface area contributed by atoms with Crippen molar-refractivity contribution in [1.29, 1.82) is 0 Å². The third kappa shape index (κ3) is 3.00. The van der Waals surface area contributed by atoms with E-state index in [1.165, 1.54) is 40.0 Å². The zero-order chi connectivity index (χ0) is 9.80. The molecule has 0 aliphatic rings. The van der Waals surface area contributed by atoms with Crippen molar-refractivity contribution in [1.82, 2.24) is 0 Å². The van der Waals surface area contributed by atoms with Crippen LogP contribution in [0.15, 0.2) is 54.6 Å². The Kier molecular flexibility index (Phi) is 5.21. The van der Waals surface area contributed by atoms with Crippen LogP contribution in [0.1, 0.15) is 5.56 Å². The maximum atomic E-state index is 2.23. The second-order valence-corrected chi connectivity index (χ2v) is 4.32. The van der Waals surface area contributed by atoms with Gasteiger partial charge in [0.25, 0.3) is 0 Å². The molecule has 0 saturated heterocycles. The van der Waals surface area contributed by atoms with Crippen LogP contribution in [0.3, 0.4) is 0 Å². The number of halogens is 1. The van der Waals surface area contributed by atoms with E-state index >= 15 is 0 Å². The van der Waals surface area contributed by atoms with Gasteiger partial charge in [-0.1, -0.05) is 0 Å². The molecule has 0 atom stereocenters. The van der Waals surface area contributed by atoms with Gasteiger partial charge in [0.05, 0.1) is 0 Å². The van der Waals surface area contributed by atoms with Crippen molar-refractivity contribution in [2.24, 2.45) is 0 Å². The molecule has 0 radical (unpaired) electrons. The first-order valence-corrected chi connectivity index (χ1v) is 6.94. The maximum absolute atomic E-state index is 2.23. The fourth-order valence-electron chi connectivity index (χ4n) is 1.64. The standard InChI is InChI=1S/C13H11.BrH.Zn/c1-11-7-5-6-10-13(11)12-8-3-2-4-9-12;;/h2-10H,1H2;1H;/q;;+1/p-1. The molecule has 0 heterocycles. The Morgan fingerprint density at radius 2 is 1.40 bits per heavy atom. The summed E-state index contributed by atoms with van der Waals surface area (Å²) in [6.45, 7) is 0. The molecule has 2 aromatic carbocycles. The van der Waals surface area contributed by atoms with Gasteiger partial charge >= 0.3 is 94.6 Å². The summed E-state index contributed by atoms with van der Waals surface area (Å²) in [6, 6.07) is 19.3. The van der Waals surface area contributed by atoms with E-state index in [9.17, 15) is 0 Å². The van der Waals surface area contributed by atoms with Crippen LogP contribution in [-0.2, 0) is 23.3 Å². The second kappa shape index (κ2) is 6.20. The van der Waals surface area contributed by atoms with Gasteiger partial charge in [-0.3, -0.25) is 0 Å². The van der Waals surface area contributed by atoms with Crippen molar-refractivity contribution in [3.8, 4) is 11.1 Å². The Hall–Kier alpha value is -0.457. The summed E-state index contributed by atoms with van der Waals surface area (Å²) in [7, 11) is 0. The van der Waals surface area contributed by atoms with E-state index in [1.807, 2.05) is 0 Å². The predicted molar refractivity (Wildman–Crippen MR) is 55.6 cm³/mol. The molecule has 0 aliphatic carbocycles. The van der Waals surface area contributed by atoms with Gasteiger partial charge in [0.15, 0.2) is 0 Å². The topological polar surface area (TPSA) is 0 Å². The van der Waals surface area contributed by atoms with Gasteiger partial charge < -0.3 is 17.0 Å². The molecule has 72 valence electrons. The van der Waals surface area contributed by atoms with E-state index in [4.69, 9.17) is 0 Å². The fourth-order valence-corrected chi connectivity index (χ4v) is 2.55. The summed E-state index contributed by atoms with van der Waals surface area (Å²) in [4.78, 5) is 0. The molecule has 2 heteroatoms. The van der Waals surface area contributed by atoms with E-state index in [0.29, 0.717) is 0 Å². The average molecular weight is 313 g/mol. The van der Waals surface area contributed by atoms with Crippen molar-refractivity contribution in [3.05, 3.63) is 60.2 Å². The molecule has 2 rings (SSSR count). The van der Waals surface area contributed by atoms with Crippen LogP contribution in [-0.4, -0.2) is 0 Å². The van der Waals surface area contributed by atoms with Gasteiger partial charge in [-0.25, -0.2) is 0 Å². The van der Waals surface area contributed by atoms with Crippen molar-refractivity contribution in [3.63, 3.8) is 0 Å². The zero-order valence-corrected chi connectivity index (χ0v) is 13.0. The minimum absolute atomic E-state index is 0. The molecule has 0 spiro atoms. The Morgan fingerprint density at radius 3 is 2.07 bits per heavy atom. The van der Waals surface area contributed by atoms with Crippen LogP contribution in [0.2, 0.25) is 0 Å². The second-order valence-electron chi connectivity index (χ2n) is 3.27. The van der Waals surface area contributed by atoms with E-state index < -0.39 is 0 Å². The molecule has 0 fully saturated rings. The predicted octanol–water partition coefficient (Wildman–Crippen LogP) is 0.404. The van der Waals surface area contributed by atoms with E-state index in [1.54, 1.807) is 0 Å². The molecule has 15 heavy (non-hydrogen) atoms. The van der Waals surface area contributed by atoms with Crippen molar-refractivity contribution in [2.45, 2.75) is 5.02 Å². The van der Waals surface area contributed by atoms with Crippen molar-refractivity contribution >= 4 is 0 Å². The number of hydrogen-bond donors (Lipinski definition) is 0. The Bertz CT molecular complexity index is 412. The summed E-state index contributed by atoms with van der Waals surface area (Å²) < 4.78 is 0. The Labute approximate surface area is 111 Å². The first kappa shape index (κ1) is 12.6. The summed E-state index contributed by atoms with van der Waals surface area (Å²) in [5.41, 5.74) is 4.19. The molecule has 0 bridgehead atoms. The van der Waals surface area contributed by atoms with Gasteiger partial charge in [0.2, 0.25) is 0 Å². The quantitative estimate of drug-likeness (QED) is 0.705. The summed E-state index contributed by atoms with van der Waals surface area (Å²) in [6.07, 6.45) is 0. The van der Waals surface area contributed by atoms with Crippen LogP contribution in [0.25, 0.3) is 11.1 Å². The molecule has 2 aromatic rings. The summed E-state index contributed by atoms with van der Waals surface area (Å²) in [5.74, 6) is 0. The zero-order valence-electron chi connectivity index (χ0n) is 8.49.